The fraction of sp³-hybridized carbons (Fsp3) is 0.226. The van der Waals surface area contributed by atoms with Crippen molar-refractivity contribution in [3.8, 4) is 22.9 Å². The molecule has 0 atom stereocenters. The van der Waals surface area contributed by atoms with E-state index in [0.29, 0.717) is 46.1 Å². The van der Waals surface area contributed by atoms with Crippen LogP contribution in [0.15, 0.2) is 82.4 Å². The first-order valence-corrected chi connectivity index (χ1v) is 13.4. The van der Waals surface area contributed by atoms with Gasteiger partial charge in [0, 0.05) is 31.4 Å². The Labute approximate surface area is 236 Å². The van der Waals surface area contributed by atoms with Crippen LogP contribution in [0.2, 0.25) is 5.02 Å². The third-order valence-electron chi connectivity index (χ3n) is 7.46. The van der Waals surface area contributed by atoms with E-state index in [1.807, 2.05) is 88.6 Å². The van der Waals surface area contributed by atoms with E-state index in [1.54, 1.807) is 37.8 Å². The number of phenols is 1. The number of rotatable bonds is 7. The van der Waals surface area contributed by atoms with E-state index in [2.05, 4.69) is 0 Å². The summed E-state index contributed by atoms with van der Waals surface area (Å²) < 4.78 is 12.5. The number of para-hydroxylation sites is 2. The minimum Gasteiger partial charge on any atom is -0.503 e. The molecule has 0 aliphatic heterocycles. The lowest BCUT2D eigenvalue weighted by atomic mass is 9.85. The number of phenolic OH excluding ortho intramolecular Hbond substituents is 1. The Morgan fingerprint density at radius 2 is 1.25 bits per heavy atom. The predicted molar refractivity (Wildman–Crippen MR) is 157 cm³/mol. The van der Waals surface area contributed by atoms with Crippen molar-refractivity contribution >= 4 is 11.6 Å². The van der Waals surface area contributed by atoms with Crippen molar-refractivity contribution in [1.82, 2.24) is 18.7 Å². The minimum absolute atomic E-state index is 0.0693. The molecular formula is C31H31ClN4O4. The Balaban J connectivity index is 1.88. The van der Waals surface area contributed by atoms with Crippen LogP contribution in [0.25, 0.3) is 11.4 Å². The maximum Gasteiger partial charge on any atom is 0.275 e. The zero-order valence-corrected chi connectivity index (χ0v) is 23.8. The van der Waals surface area contributed by atoms with Crippen LogP contribution < -0.4 is 15.9 Å². The molecule has 5 rings (SSSR count). The lowest BCUT2D eigenvalue weighted by Crippen LogP contribution is -2.26. The summed E-state index contributed by atoms with van der Waals surface area (Å²) in [6.07, 6.45) is 0. The van der Waals surface area contributed by atoms with Crippen molar-refractivity contribution < 1.29 is 9.84 Å². The summed E-state index contributed by atoms with van der Waals surface area (Å²) in [4.78, 5) is 28.5. The molecule has 0 saturated heterocycles. The van der Waals surface area contributed by atoms with E-state index < -0.39 is 5.92 Å². The van der Waals surface area contributed by atoms with Gasteiger partial charge in [0.1, 0.15) is 0 Å². The average molecular weight is 559 g/mol. The number of benzene rings is 3. The molecule has 2 heterocycles. The first-order chi connectivity index (χ1) is 19.2. The third kappa shape index (κ3) is 4.34. The van der Waals surface area contributed by atoms with Crippen molar-refractivity contribution in [3.63, 3.8) is 0 Å². The molecule has 5 aromatic rings. The fourth-order valence-electron chi connectivity index (χ4n) is 5.35. The van der Waals surface area contributed by atoms with Crippen LogP contribution in [-0.4, -0.2) is 30.4 Å². The number of halogens is 1. The van der Waals surface area contributed by atoms with Gasteiger partial charge in [-0.25, -0.2) is 9.36 Å². The van der Waals surface area contributed by atoms with Gasteiger partial charge in [0.2, 0.25) is 0 Å². The van der Waals surface area contributed by atoms with Crippen LogP contribution in [0, 0.1) is 13.8 Å². The Kier molecular flexibility index (Phi) is 7.21. The lowest BCUT2D eigenvalue weighted by molar-refractivity contribution is 0.318. The van der Waals surface area contributed by atoms with Crippen LogP contribution in [0.3, 0.4) is 0 Å². The first kappa shape index (κ1) is 27.1. The second-order valence-electron chi connectivity index (χ2n) is 9.67. The van der Waals surface area contributed by atoms with Gasteiger partial charge in [-0.3, -0.25) is 19.0 Å². The summed E-state index contributed by atoms with van der Waals surface area (Å²) in [6.45, 7) is 5.83. The van der Waals surface area contributed by atoms with Crippen molar-refractivity contribution in [2.75, 3.05) is 6.61 Å². The van der Waals surface area contributed by atoms with Gasteiger partial charge >= 0.3 is 0 Å². The molecule has 0 spiro atoms. The standard InChI is InChI=1S/C31H31ClN4O4/c1-6-40-25-18-21(17-24(32)29(25)37)28(26-19(2)33(4)35(30(26)38)22-13-9-7-10-14-22)27-20(3)34(5)36(31(27)39)23-15-11-8-12-16-23/h7-18,28,37H,6H2,1-5H3. The molecule has 0 unspecified atom stereocenters. The first-order valence-electron chi connectivity index (χ1n) is 13.0. The number of hydrogen-bond acceptors (Lipinski definition) is 4. The normalized spacial score (nSPS) is 11.4. The highest BCUT2D eigenvalue weighted by atomic mass is 35.5. The Hall–Kier alpha value is -4.43. The number of hydrogen-bond donors (Lipinski definition) is 1. The van der Waals surface area contributed by atoms with Gasteiger partial charge in [0.05, 0.1) is 34.1 Å². The molecule has 0 aliphatic rings. The van der Waals surface area contributed by atoms with Crippen molar-refractivity contribution in [2.24, 2.45) is 14.1 Å². The topological polar surface area (TPSA) is 83.3 Å². The second kappa shape index (κ2) is 10.6. The van der Waals surface area contributed by atoms with E-state index in [0.717, 1.165) is 0 Å². The second-order valence-corrected chi connectivity index (χ2v) is 10.1. The monoisotopic (exact) mass is 558 g/mol. The SMILES string of the molecule is CCOc1cc(C(c2c(C)n(C)n(-c3ccccc3)c2=O)c2c(C)n(C)n(-c3ccccc3)c2=O)cc(Cl)c1O. The average Bonchev–Trinajstić information content (AvgIpc) is 3.30. The smallest absolute Gasteiger partial charge is 0.275 e. The number of nitrogens with zero attached hydrogens (tertiary/aromatic N) is 4. The van der Waals surface area contributed by atoms with Gasteiger partial charge in [0.15, 0.2) is 11.5 Å². The fourth-order valence-corrected chi connectivity index (χ4v) is 5.57. The molecule has 0 fully saturated rings. The van der Waals surface area contributed by atoms with E-state index in [1.165, 1.54) is 0 Å². The zero-order valence-electron chi connectivity index (χ0n) is 23.1. The quantitative estimate of drug-likeness (QED) is 0.297. The van der Waals surface area contributed by atoms with Crippen LogP contribution >= 0.6 is 11.6 Å². The van der Waals surface area contributed by atoms with E-state index in [9.17, 15) is 14.7 Å². The largest absolute Gasteiger partial charge is 0.503 e. The Bertz CT molecular complexity index is 1710. The molecule has 0 bridgehead atoms. The molecule has 206 valence electrons. The van der Waals surface area contributed by atoms with E-state index in [-0.39, 0.29) is 27.6 Å². The Morgan fingerprint density at radius 3 is 1.68 bits per heavy atom. The van der Waals surface area contributed by atoms with E-state index in [4.69, 9.17) is 16.3 Å². The van der Waals surface area contributed by atoms with Gasteiger partial charge in [-0.05, 0) is 62.7 Å². The lowest BCUT2D eigenvalue weighted by Gasteiger charge is -2.19. The highest BCUT2D eigenvalue weighted by Gasteiger charge is 2.33. The number of aromatic nitrogens is 4. The van der Waals surface area contributed by atoms with Crippen LogP contribution in [0.4, 0.5) is 0 Å². The summed E-state index contributed by atoms with van der Waals surface area (Å²) in [7, 11) is 3.64. The highest BCUT2D eigenvalue weighted by Crippen LogP contribution is 2.41. The summed E-state index contributed by atoms with van der Waals surface area (Å²) >= 11 is 6.49. The molecule has 0 saturated carbocycles. The maximum absolute atomic E-state index is 14.3. The predicted octanol–water partition coefficient (Wildman–Crippen LogP) is 5.22. The van der Waals surface area contributed by atoms with Gasteiger partial charge in [-0.1, -0.05) is 48.0 Å². The van der Waals surface area contributed by atoms with Crippen LogP contribution in [-0.2, 0) is 14.1 Å². The number of aromatic hydroxyl groups is 1. The van der Waals surface area contributed by atoms with Gasteiger partial charge < -0.3 is 9.84 Å². The maximum atomic E-state index is 14.3. The summed E-state index contributed by atoms with van der Waals surface area (Å²) in [6, 6.07) is 22.0. The zero-order chi connectivity index (χ0) is 28.7. The molecule has 0 aliphatic carbocycles. The molecular weight excluding hydrogens is 528 g/mol. The molecule has 3 aromatic carbocycles. The summed E-state index contributed by atoms with van der Waals surface area (Å²) in [5.74, 6) is -0.808. The van der Waals surface area contributed by atoms with Crippen molar-refractivity contribution in [2.45, 2.75) is 26.7 Å². The van der Waals surface area contributed by atoms with Gasteiger partial charge in [0.25, 0.3) is 11.1 Å². The molecule has 0 radical (unpaired) electrons. The third-order valence-corrected chi connectivity index (χ3v) is 7.75. The van der Waals surface area contributed by atoms with Crippen molar-refractivity contribution in [3.05, 3.63) is 127 Å². The Morgan fingerprint density at radius 1 is 0.800 bits per heavy atom. The molecule has 2 aromatic heterocycles. The van der Waals surface area contributed by atoms with Crippen LogP contribution in [0.1, 0.15) is 40.9 Å². The van der Waals surface area contributed by atoms with Gasteiger partial charge in [-0.15, -0.1) is 0 Å². The van der Waals surface area contributed by atoms with Crippen LogP contribution in [0.5, 0.6) is 11.5 Å². The van der Waals surface area contributed by atoms with Gasteiger partial charge in [-0.2, -0.15) is 0 Å². The molecule has 40 heavy (non-hydrogen) atoms. The molecule has 1 N–H and O–H groups in total. The highest BCUT2D eigenvalue weighted by molar-refractivity contribution is 6.32. The summed E-state index contributed by atoms with van der Waals surface area (Å²) in [5.41, 5.74) is 3.69. The molecule has 8 nitrogen and oxygen atoms in total. The molecule has 9 heteroatoms. The van der Waals surface area contributed by atoms with Crippen molar-refractivity contribution in [1.29, 1.82) is 0 Å². The molecule has 0 amide bonds. The van der Waals surface area contributed by atoms with E-state index >= 15 is 0 Å². The summed E-state index contributed by atoms with van der Waals surface area (Å²) in [5, 5.41) is 10.7. The minimum atomic E-state index is -0.801. The number of ether oxygens (including phenoxy) is 1.